The summed E-state index contributed by atoms with van der Waals surface area (Å²) >= 11 is 1.61. The van der Waals surface area contributed by atoms with Crippen LogP contribution in [0.15, 0.2) is 77.8 Å². The van der Waals surface area contributed by atoms with Gasteiger partial charge in [-0.1, -0.05) is 48.5 Å². The van der Waals surface area contributed by atoms with Gasteiger partial charge in [-0.3, -0.25) is 4.99 Å². The van der Waals surface area contributed by atoms with Gasteiger partial charge in [-0.15, -0.1) is 11.3 Å². The maximum Gasteiger partial charge on any atom is 0.335 e. The van der Waals surface area contributed by atoms with Crippen LogP contribution in [0.3, 0.4) is 0 Å². The Morgan fingerprint density at radius 2 is 1.83 bits per heavy atom. The first kappa shape index (κ1) is 18.8. The van der Waals surface area contributed by atoms with E-state index < -0.39 is 5.97 Å². The first-order chi connectivity index (χ1) is 14.1. The number of aromatic carboxylic acids is 1. The van der Waals surface area contributed by atoms with Crippen LogP contribution in [0.5, 0.6) is 0 Å². The van der Waals surface area contributed by atoms with Crippen molar-refractivity contribution >= 4 is 33.4 Å². The highest BCUT2D eigenvalue weighted by molar-refractivity contribution is 7.18. The monoisotopic (exact) mass is 401 g/mol. The maximum atomic E-state index is 11.1. The van der Waals surface area contributed by atoms with Crippen molar-refractivity contribution in [2.24, 2.45) is 10.7 Å². The Kier molecular flexibility index (Phi) is 5.35. The Morgan fingerprint density at radius 3 is 2.62 bits per heavy atom. The normalized spacial score (nSPS) is 11.7. The Labute approximate surface area is 172 Å². The summed E-state index contributed by atoms with van der Waals surface area (Å²) in [5, 5.41) is 9.98. The van der Waals surface area contributed by atoms with Crippen molar-refractivity contribution in [3.8, 4) is 11.1 Å². The molecule has 0 spiro atoms. The number of thiazole rings is 1. The van der Waals surface area contributed by atoms with Crippen molar-refractivity contribution < 1.29 is 9.90 Å². The lowest BCUT2D eigenvalue weighted by atomic mass is 10.1. The molecule has 1 aromatic heterocycles. The lowest BCUT2D eigenvalue weighted by Gasteiger charge is -2.01. The van der Waals surface area contributed by atoms with E-state index in [1.165, 1.54) is 5.56 Å². The number of carboxylic acid groups (broad SMARTS) is 1. The molecule has 1 heterocycles. The quantitative estimate of drug-likeness (QED) is 0.360. The SMILES string of the molecule is NC(Cc1nc2ccc(-c3ccccc3)cc2s1)=NCc1cccc(C(=O)O)c1. The van der Waals surface area contributed by atoms with Gasteiger partial charge in [0.1, 0.15) is 10.8 Å². The molecule has 0 bridgehead atoms. The molecule has 6 heteroatoms. The predicted octanol–water partition coefficient (Wildman–Crippen LogP) is 4.76. The van der Waals surface area contributed by atoms with Gasteiger partial charge in [-0.25, -0.2) is 9.78 Å². The van der Waals surface area contributed by atoms with Crippen molar-refractivity contribution in [3.05, 3.63) is 88.9 Å². The van der Waals surface area contributed by atoms with E-state index in [0.29, 0.717) is 18.8 Å². The van der Waals surface area contributed by atoms with Crippen molar-refractivity contribution in [2.75, 3.05) is 0 Å². The van der Waals surface area contributed by atoms with Gasteiger partial charge < -0.3 is 10.8 Å². The molecule has 3 N–H and O–H groups in total. The number of hydrogen-bond acceptors (Lipinski definition) is 4. The van der Waals surface area contributed by atoms with Crippen LogP contribution in [0.25, 0.3) is 21.3 Å². The Morgan fingerprint density at radius 1 is 1.00 bits per heavy atom. The molecule has 29 heavy (non-hydrogen) atoms. The van der Waals surface area contributed by atoms with Gasteiger partial charge in [-0.05, 0) is 41.0 Å². The standard InChI is InChI=1S/C23H19N3O2S/c24-21(25-14-15-5-4-8-18(11-15)23(27)28)13-22-26-19-10-9-17(12-20(19)29-22)16-6-2-1-3-7-16/h1-12H,13-14H2,(H2,24,25)(H,27,28). The van der Waals surface area contributed by atoms with Gasteiger partial charge in [0.15, 0.2) is 0 Å². The molecule has 4 rings (SSSR count). The van der Waals surface area contributed by atoms with Crippen molar-refractivity contribution in [1.29, 1.82) is 0 Å². The van der Waals surface area contributed by atoms with Crippen LogP contribution in [-0.4, -0.2) is 21.9 Å². The summed E-state index contributed by atoms with van der Waals surface area (Å²) in [4.78, 5) is 20.1. The second-order valence-corrected chi connectivity index (χ2v) is 7.76. The van der Waals surface area contributed by atoms with Crippen molar-refractivity contribution in [1.82, 2.24) is 4.98 Å². The second-order valence-electron chi connectivity index (χ2n) is 6.65. The Hall–Kier alpha value is -3.51. The number of nitrogens with zero attached hydrogens (tertiary/aromatic N) is 2. The molecule has 5 nitrogen and oxygen atoms in total. The molecule has 0 atom stereocenters. The fourth-order valence-corrected chi connectivity index (χ4v) is 4.09. The van der Waals surface area contributed by atoms with Gasteiger partial charge in [0, 0.05) is 0 Å². The van der Waals surface area contributed by atoms with E-state index in [1.807, 2.05) is 30.3 Å². The molecule has 4 aromatic rings. The minimum Gasteiger partial charge on any atom is -0.478 e. The van der Waals surface area contributed by atoms with Crippen molar-refractivity contribution in [2.45, 2.75) is 13.0 Å². The van der Waals surface area contributed by atoms with Gasteiger partial charge >= 0.3 is 5.97 Å². The zero-order valence-corrected chi connectivity index (χ0v) is 16.4. The largest absolute Gasteiger partial charge is 0.478 e. The number of aliphatic imine (C=N–C) groups is 1. The number of benzene rings is 3. The third-order valence-electron chi connectivity index (χ3n) is 4.51. The molecule has 0 saturated carbocycles. The number of fused-ring (bicyclic) bond motifs is 1. The highest BCUT2D eigenvalue weighted by Crippen LogP contribution is 2.28. The third kappa shape index (κ3) is 4.50. The topological polar surface area (TPSA) is 88.6 Å². The molecule has 144 valence electrons. The average Bonchev–Trinajstić information content (AvgIpc) is 3.14. The number of nitrogens with two attached hydrogens (primary N) is 1. The first-order valence-electron chi connectivity index (χ1n) is 9.14. The van der Waals surface area contributed by atoms with Gasteiger partial charge in [0.05, 0.1) is 28.7 Å². The molecular weight excluding hydrogens is 382 g/mol. The number of carboxylic acids is 1. The third-order valence-corrected chi connectivity index (χ3v) is 5.53. The van der Waals surface area contributed by atoms with Gasteiger partial charge in [-0.2, -0.15) is 0 Å². The first-order valence-corrected chi connectivity index (χ1v) is 9.96. The van der Waals surface area contributed by atoms with Crippen LogP contribution in [0, 0.1) is 0 Å². The zero-order valence-electron chi connectivity index (χ0n) is 15.6. The number of aromatic nitrogens is 1. The molecule has 0 saturated heterocycles. The molecule has 0 aliphatic carbocycles. The number of rotatable bonds is 6. The van der Waals surface area contributed by atoms with Crippen LogP contribution >= 0.6 is 11.3 Å². The van der Waals surface area contributed by atoms with E-state index in [9.17, 15) is 4.79 Å². The highest BCUT2D eigenvalue weighted by Gasteiger charge is 2.08. The summed E-state index contributed by atoms with van der Waals surface area (Å²) in [6.45, 7) is 0.343. The summed E-state index contributed by atoms with van der Waals surface area (Å²) in [5.41, 5.74) is 10.4. The minimum absolute atomic E-state index is 0.247. The lowest BCUT2D eigenvalue weighted by Crippen LogP contribution is -2.15. The average molecular weight is 401 g/mol. The molecule has 0 unspecified atom stereocenters. The summed E-state index contributed by atoms with van der Waals surface area (Å²) in [6, 6.07) is 23.2. The van der Waals surface area contributed by atoms with Crippen molar-refractivity contribution in [3.63, 3.8) is 0 Å². The Balaban J connectivity index is 1.49. The van der Waals surface area contributed by atoms with Crippen LogP contribution in [0.2, 0.25) is 0 Å². The second kappa shape index (κ2) is 8.24. The molecule has 0 radical (unpaired) electrons. The van der Waals surface area contributed by atoms with E-state index in [0.717, 1.165) is 26.4 Å². The van der Waals surface area contributed by atoms with E-state index in [1.54, 1.807) is 29.5 Å². The number of amidine groups is 1. The predicted molar refractivity (Wildman–Crippen MR) is 117 cm³/mol. The van der Waals surface area contributed by atoms with E-state index in [-0.39, 0.29) is 5.56 Å². The van der Waals surface area contributed by atoms with E-state index >= 15 is 0 Å². The molecule has 0 fully saturated rings. The Bertz CT molecular complexity index is 1200. The minimum atomic E-state index is -0.951. The summed E-state index contributed by atoms with van der Waals surface area (Å²) in [5.74, 6) is -0.471. The van der Waals surface area contributed by atoms with Crippen LogP contribution in [0.4, 0.5) is 0 Å². The maximum absolute atomic E-state index is 11.1. The summed E-state index contributed by atoms with van der Waals surface area (Å²) < 4.78 is 1.11. The molecule has 0 aliphatic heterocycles. The molecular formula is C23H19N3O2S. The van der Waals surface area contributed by atoms with Gasteiger partial charge in [0.25, 0.3) is 0 Å². The fourth-order valence-electron chi connectivity index (χ4n) is 3.06. The van der Waals surface area contributed by atoms with Crippen LogP contribution in [-0.2, 0) is 13.0 Å². The highest BCUT2D eigenvalue weighted by atomic mass is 32.1. The zero-order chi connectivity index (χ0) is 20.2. The molecule has 0 aliphatic rings. The molecule has 3 aromatic carbocycles. The smallest absolute Gasteiger partial charge is 0.335 e. The number of hydrogen-bond donors (Lipinski definition) is 2. The number of carbonyl (C=O) groups is 1. The lowest BCUT2D eigenvalue weighted by molar-refractivity contribution is 0.0696. The van der Waals surface area contributed by atoms with E-state index in [2.05, 4.69) is 34.2 Å². The van der Waals surface area contributed by atoms with Crippen LogP contribution in [0.1, 0.15) is 20.9 Å². The fraction of sp³-hybridized carbons (Fsp3) is 0.0870. The summed E-state index contributed by atoms with van der Waals surface area (Å²) in [6.07, 6.45) is 0.471. The van der Waals surface area contributed by atoms with Gasteiger partial charge in [0.2, 0.25) is 0 Å². The summed E-state index contributed by atoms with van der Waals surface area (Å²) in [7, 11) is 0. The van der Waals surface area contributed by atoms with E-state index in [4.69, 9.17) is 10.8 Å². The van der Waals surface area contributed by atoms with Crippen LogP contribution < -0.4 is 5.73 Å². The molecule has 0 amide bonds.